The Morgan fingerprint density at radius 3 is 2.00 bits per heavy atom. The Morgan fingerprint density at radius 2 is 1.30 bits per heavy atom. The fourth-order valence-electron chi connectivity index (χ4n) is 3.55. The number of nitrogens with one attached hydrogen (secondary N) is 2. The molecule has 3 aromatic heterocycles. The van der Waals surface area contributed by atoms with Crippen molar-refractivity contribution in [2.75, 3.05) is 0 Å². The molecule has 27 heavy (non-hydrogen) atoms. The number of rotatable bonds is 2. The van der Waals surface area contributed by atoms with Crippen molar-refractivity contribution in [3.8, 4) is 0 Å². The van der Waals surface area contributed by atoms with E-state index >= 15 is 0 Å². The minimum atomic E-state index is 0.921. The molecule has 0 aliphatic carbocycles. The molecule has 0 fully saturated rings. The number of hydrogen-bond donors (Lipinski definition) is 2. The van der Waals surface area contributed by atoms with Gasteiger partial charge >= 0.3 is 0 Å². The van der Waals surface area contributed by atoms with E-state index in [2.05, 4.69) is 64.3 Å². The lowest BCUT2D eigenvalue weighted by molar-refractivity contribution is 0.931. The molecule has 5 rings (SSSR count). The van der Waals surface area contributed by atoms with Crippen molar-refractivity contribution in [1.29, 1.82) is 0 Å². The number of aromatic amines is 2. The zero-order chi connectivity index (χ0) is 18.2. The molecule has 4 heteroatoms. The highest BCUT2D eigenvalue weighted by molar-refractivity contribution is 5.78. The summed E-state index contributed by atoms with van der Waals surface area (Å²) >= 11 is 0. The summed E-state index contributed by atoms with van der Waals surface area (Å²) in [5.74, 6) is 0. The zero-order valence-corrected chi connectivity index (χ0v) is 15.2. The van der Waals surface area contributed by atoms with Crippen molar-refractivity contribution in [2.45, 2.75) is 19.8 Å². The van der Waals surface area contributed by atoms with Gasteiger partial charge in [-0.15, -0.1) is 0 Å². The van der Waals surface area contributed by atoms with Gasteiger partial charge in [0.1, 0.15) is 0 Å². The number of fused-ring (bicyclic) bond motifs is 8. The molecular formula is C23H20N4. The first-order valence-electron chi connectivity index (χ1n) is 9.32. The van der Waals surface area contributed by atoms with E-state index in [0.29, 0.717) is 0 Å². The number of hydrogen-bond acceptors (Lipinski definition) is 2. The van der Waals surface area contributed by atoms with Crippen LogP contribution in [0.3, 0.4) is 0 Å². The SMILES string of the molecule is CCCc1cc2cc3ccc(cc4nc(cc5nc(cc1[nH]2)C=C5)C=C4)[nH]3. The first-order valence-corrected chi connectivity index (χ1v) is 9.32. The second-order valence-electron chi connectivity index (χ2n) is 6.95. The number of aromatic nitrogens is 4. The molecule has 2 aliphatic heterocycles. The summed E-state index contributed by atoms with van der Waals surface area (Å²) in [7, 11) is 0. The smallest absolute Gasteiger partial charge is 0.0659 e. The number of H-pyrrole nitrogens is 2. The average Bonchev–Trinajstić information content (AvgIpc) is 3.41. The van der Waals surface area contributed by atoms with E-state index in [1.165, 1.54) is 5.56 Å². The molecule has 0 unspecified atom stereocenters. The summed E-state index contributed by atoms with van der Waals surface area (Å²) in [5, 5.41) is 0. The molecule has 5 heterocycles. The van der Waals surface area contributed by atoms with Crippen LogP contribution in [-0.4, -0.2) is 19.9 Å². The summed E-state index contributed by atoms with van der Waals surface area (Å²) < 4.78 is 0. The maximum atomic E-state index is 4.72. The Kier molecular flexibility index (Phi) is 3.75. The minimum absolute atomic E-state index is 0.921. The zero-order valence-electron chi connectivity index (χ0n) is 15.2. The van der Waals surface area contributed by atoms with Crippen LogP contribution in [0.2, 0.25) is 0 Å². The molecule has 4 nitrogen and oxygen atoms in total. The Bertz CT molecular complexity index is 1240. The van der Waals surface area contributed by atoms with Gasteiger partial charge in [0.2, 0.25) is 0 Å². The van der Waals surface area contributed by atoms with E-state index < -0.39 is 0 Å². The third-order valence-electron chi connectivity index (χ3n) is 4.77. The van der Waals surface area contributed by atoms with Crippen LogP contribution < -0.4 is 0 Å². The highest BCUT2D eigenvalue weighted by Crippen LogP contribution is 2.20. The molecule has 2 N–H and O–H groups in total. The summed E-state index contributed by atoms with van der Waals surface area (Å²) in [4.78, 5) is 16.4. The quantitative estimate of drug-likeness (QED) is 0.434. The van der Waals surface area contributed by atoms with Gasteiger partial charge in [0.15, 0.2) is 0 Å². The van der Waals surface area contributed by atoms with E-state index in [-0.39, 0.29) is 0 Å². The monoisotopic (exact) mass is 352 g/mol. The molecule has 0 saturated heterocycles. The minimum Gasteiger partial charge on any atom is -0.355 e. The molecule has 0 radical (unpaired) electrons. The Morgan fingerprint density at radius 1 is 0.667 bits per heavy atom. The number of aryl methyl sites for hydroxylation is 1. The van der Waals surface area contributed by atoms with Crippen LogP contribution in [-0.2, 0) is 6.42 Å². The Balaban J connectivity index is 1.83. The summed E-state index contributed by atoms with van der Waals surface area (Å²) in [6, 6.07) is 14.7. The van der Waals surface area contributed by atoms with Crippen LogP contribution in [0, 0.1) is 0 Å². The fraction of sp³-hybridized carbons (Fsp3) is 0.130. The first-order chi connectivity index (χ1) is 13.2. The van der Waals surface area contributed by atoms with Crippen molar-refractivity contribution in [3.63, 3.8) is 0 Å². The van der Waals surface area contributed by atoms with Crippen LogP contribution in [0.25, 0.3) is 46.4 Å². The van der Waals surface area contributed by atoms with Gasteiger partial charge in [-0.25, -0.2) is 9.97 Å². The van der Waals surface area contributed by atoms with Crippen molar-refractivity contribution in [3.05, 3.63) is 70.8 Å². The van der Waals surface area contributed by atoms with Crippen LogP contribution >= 0.6 is 0 Å². The Hall–Kier alpha value is -3.40. The molecule has 132 valence electrons. The third kappa shape index (κ3) is 3.22. The number of nitrogens with zero attached hydrogens (tertiary/aromatic N) is 2. The third-order valence-corrected chi connectivity index (χ3v) is 4.77. The predicted molar refractivity (Wildman–Crippen MR) is 113 cm³/mol. The lowest BCUT2D eigenvalue weighted by atomic mass is 10.1. The topological polar surface area (TPSA) is 57.4 Å². The van der Waals surface area contributed by atoms with Crippen LogP contribution in [0.5, 0.6) is 0 Å². The summed E-state index contributed by atoms with van der Waals surface area (Å²) in [6.45, 7) is 2.21. The molecule has 8 bridgehead atoms. The van der Waals surface area contributed by atoms with Gasteiger partial charge in [0.25, 0.3) is 0 Å². The fourth-order valence-corrected chi connectivity index (χ4v) is 3.55. The predicted octanol–water partition coefficient (Wildman–Crippen LogP) is 5.61. The highest BCUT2D eigenvalue weighted by atomic mass is 14.8. The molecular weight excluding hydrogens is 332 g/mol. The van der Waals surface area contributed by atoms with Crippen molar-refractivity contribution >= 4 is 46.4 Å². The van der Waals surface area contributed by atoms with Crippen molar-refractivity contribution < 1.29 is 0 Å². The van der Waals surface area contributed by atoms with E-state index in [0.717, 1.165) is 57.7 Å². The van der Waals surface area contributed by atoms with Gasteiger partial charge in [-0.2, -0.15) is 0 Å². The lowest BCUT2D eigenvalue weighted by Gasteiger charge is -1.92. The summed E-state index contributed by atoms with van der Waals surface area (Å²) in [6.07, 6.45) is 10.3. The van der Waals surface area contributed by atoms with E-state index in [4.69, 9.17) is 4.98 Å². The maximum absolute atomic E-state index is 4.72. The van der Waals surface area contributed by atoms with Gasteiger partial charge < -0.3 is 9.97 Å². The first kappa shape index (κ1) is 15.8. The molecule has 2 aliphatic rings. The highest BCUT2D eigenvalue weighted by Gasteiger charge is 2.04. The van der Waals surface area contributed by atoms with Gasteiger partial charge in [0, 0.05) is 22.1 Å². The van der Waals surface area contributed by atoms with Gasteiger partial charge in [-0.3, -0.25) is 0 Å². The van der Waals surface area contributed by atoms with E-state index in [1.807, 2.05) is 24.3 Å². The normalized spacial score (nSPS) is 12.6. The van der Waals surface area contributed by atoms with E-state index in [9.17, 15) is 0 Å². The van der Waals surface area contributed by atoms with Gasteiger partial charge in [-0.05, 0) is 78.8 Å². The van der Waals surface area contributed by atoms with E-state index in [1.54, 1.807) is 0 Å². The summed E-state index contributed by atoms with van der Waals surface area (Å²) in [5.41, 5.74) is 9.40. The molecule has 0 saturated carbocycles. The molecule has 3 aromatic rings. The van der Waals surface area contributed by atoms with Crippen molar-refractivity contribution in [1.82, 2.24) is 19.9 Å². The molecule has 0 atom stereocenters. The largest absolute Gasteiger partial charge is 0.355 e. The second kappa shape index (κ2) is 6.40. The Labute approximate surface area is 157 Å². The van der Waals surface area contributed by atoms with Crippen LogP contribution in [0.15, 0.2) is 42.5 Å². The average molecular weight is 352 g/mol. The van der Waals surface area contributed by atoms with Gasteiger partial charge in [-0.1, -0.05) is 13.3 Å². The molecule has 0 aromatic carbocycles. The second-order valence-corrected chi connectivity index (χ2v) is 6.95. The lowest BCUT2D eigenvalue weighted by Crippen LogP contribution is -1.80. The van der Waals surface area contributed by atoms with Gasteiger partial charge in [0.05, 0.1) is 22.8 Å². The molecule has 0 amide bonds. The van der Waals surface area contributed by atoms with Crippen molar-refractivity contribution in [2.24, 2.45) is 0 Å². The molecule has 0 spiro atoms. The van der Waals surface area contributed by atoms with Crippen LogP contribution in [0.4, 0.5) is 0 Å². The standard InChI is InChI=1S/C23H20N4/c1-2-3-15-10-22-13-20-7-6-18(25-20)11-16-4-5-17(24-16)12-19-8-9-21(26-19)14-23(15)27-22/h4-14,25,27H,2-3H2,1H3. The maximum Gasteiger partial charge on any atom is 0.0659 e. The van der Waals surface area contributed by atoms with Crippen LogP contribution in [0.1, 0.15) is 41.7 Å².